The van der Waals surface area contributed by atoms with Gasteiger partial charge < -0.3 is 5.11 Å². The fourth-order valence-corrected chi connectivity index (χ4v) is 2.86. The Balaban J connectivity index is 2.33. The Bertz CT molecular complexity index is 341. The Hall–Kier alpha value is -0.830. The summed E-state index contributed by atoms with van der Waals surface area (Å²) in [7, 11) is 0. The van der Waals surface area contributed by atoms with Crippen LogP contribution < -0.4 is 0 Å². The summed E-state index contributed by atoms with van der Waals surface area (Å²) in [4.78, 5) is 12.5. The third kappa shape index (κ3) is 1.61. The van der Waals surface area contributed by atoms with E-state index in [4.69, 9.17) is 5.11 Å². The maximum Gasteiger partial charge on any atom is 0.345 e. The summed E-state index contributed by atoms with van der Waals surface area (Å²) < 4.78 is 0. The molecule has 1 heterocycles. The minimum Gasteiger partial charge on any atom is -0.477 e. The van der Waals surface area contributed by atoms with E-state index in [0.717, 1.165) is 12.8 Å². The molecule has 0 aromatic carbocycles. The van der Waals surface area contributed by atoms with Gasteiger partial charge in [0, 0.05) is 4.88 Å². The van der Waals surface area contributed by atoms with Crippen LogP contribution in [-0.4, -0.2) is 11.1 Å². The summed E-state index contributed by atoms with van der Waals surface area (Å²) in [6, 6.07) is 1.85. The van der Waals surface area contributed by atoms with Crippen LogP contribution in [0.5, 0.6) is 0 Å². The van der Waals surface area contributed by atoms with E-state index >= 15 is 0 Å². The van der Waals surface area contributed by atoms with Gasteiger partial charge in [0.05, 0.1) is 0 Å². The summed E-state index contributed by atoms with van der Waals surface area (Å²) in [5.74, 6) is -0.0733. The van der Waals surface area contributed by atoms with Gasteiger partial charge in [0.2, 0.25) is 0 Å². The Kier molecular flexibility index (Phi) is 2.12. The quantitative estimate of drug-likeness (QED) is 0.749. The van der Waals surface area contributed by atoms with Crippen molar-refractivity contribution in [3.63, 3.8) is 0 Å². The molecule has 1 aliphatic carbocycles. The van der Waals surface area contributed by atoms with Gasteiger partial charge in [0.1, 0.15) is 4.88 Å². The number of carbonyl (C=O) groups is 1. The Labute approximate surface area is 81.2 Å². The van der Waals surface area contributed by atoms with Crippen LogP contribution in [0, 0.1) is 5.92 Å². The fourth-order valence-electron chi connectivity index (χ4n) is 1.81. The van der Waals surface area contributed by atoms with Crippen LogP contribution in [0.2, 0.25) is 0 Å². The molecule has 1 atom stereocenters. The second-order valence-corrected chi connectivity index (χ2v) is 4.85. The van der Waals surface area contributed by atoms with E-state index < -0.39 is 5.97 Å². The van der Waals surface area contributed by atoms with Crippen LogP contribution >= 0.6 is 11.3 Å². The second-order valence-electron chi connectivity index (χ2n) is 3.71. The van der Waals surface area contributed by atoms with E-state index in [1.54, 1.807) is 0 Å². The number of fused-ring (bicyclic) bond motifs is 1. The van der Waals surface area contributed by atoms with Gasteiger partial charge in [-0.2, -0.15) is 0 Å². The molecule has 2 rings (SSSR count). The number of thiophene rings is 1. The van der Waals surface area contributed by atoms with Gasteiger partial charge in [-0.15, -0.1) is 11.3 Å². The molecule has 0 spiro atoms. The lowest BCUT2D eigenvalue weighted by Gasteiger charge is -2.16. The highest BCUT2D eigenvalue weighted by Gasteiger charge is 2.19. The average Bonchev–Trinajstić information content (AvgIpc) is 2.46. The highest BCUT2D eigenvalue weighted by Crippen LogP contribution is 2.31. The van der Waals surface area contributed by atoms with Gasteiger partial charge in [0.25, 0.3) is 0 Å². The second kappa shape index (κ2) is 3.14. The van der Waals surface area contributed by atoms with Crippen molar-refractivity contribution in [2.24, 2.45) is 5.92 Å². The summed E-state index contributed by atoms with van der Waals surface area (Å²) in [6.07, 6.45) is 3.32. The van der Waals surface area contributed by atoms with Crippen LogP contribution in [0.3, 0.4) is 0 Å². The van der Waals surface area contributed by atoms with Crippen LogP contribution in [0.1, 0.15) is 33.5 Å². The summed E-state index contributed by atoms with van der Waals surface area (Å²) in [5.41, 5.74) is 1.26. The SMILES string of the molecule is C[C@H]1CCc2sc(C(=O)O)cc2C1. The smallest absolute Gasteiger partial charge is 0.345 e. The van der Waals surface area contributed by atoms with Gasteiger partial charge in [0.15, 0.2) is 0 Å². The lowest BCUT2D eigenvalue weighted by Crippen LogP contribution is -2.08. The molecule has 0 saturated heterocycles. The Morgan fingerprint density at radius 3 is 3.15 bits per heavy atom. The molecule has 0 amide bonds. The van der Waals surface area contributed by atoms with E-state index in [1.807, 2.05) is 6.07 Å². The zero-order valence-electron chi connectivity index (χ0n) is 7.54. The average molecular weight is 196 g/mol. The fraction of sp³-hybridized carbons (Fsp3) is 0.500. The number of carboxylic acids is 1. The predicted molar refractivity (Wildman–Crippen MR) is 52.5 cm³/mol. The minimum absolute atomic E-state index is 0.499. The maximum absolute atomic E-state index is 10.7. The normalized spacial score (nSPS) is 21.2. The summed E-state index contributed by atoms with van der Waals surface area (Å²) in [5, 5.41) is 8.81. The number of hydrogen-bond donors (Lipinski definition) is 1. The first kappa shape index (κ1) is 8.75. The molecule has 13 heavy (non-hydrogen) atoms. The number of rotatable bonds is 1. The van der Waals surface area contributed by atoms with Crippen molar-refractivity contribution in [2.45, 2.75) is 26.2 Å². The van der Waals surface area contributed by atoms with Gasteiger partial charge in [-0.25, -0.2) is 4.79 Å². The van der Waals surface area contributed by atoms with E-state index in [-0.39, 0.29) is 0 Å². The number of carboxylic acid groups (broad SMARTS) is 1. The van der Waals surface area contributed by atoms with E-state index in [2.05, 4.69) is 6.92 Å². The number of hydrogen-bond acceptors (Lipinski definition) is 2. The maximum atomic E-state index is 10.7. The highest BCUT2D eigenvalue weighted by molar-refractivity contribution is 7.14. The van der Waals surface area contributed by atoms with Crippen molar-refractivity contribution in [1.29, 1.82) is 0 Å². The largest absolute Gasteiger partial charge is 0.477 e. The molecule has 0 fully saturated rings. The number of aryl methyl sites for hydroxylation is 1. The summed E-state index contributed by atoms with van der Waals surface area (Å²) in [6.45, 7) is 2.22. The monoisotopic (exact) mass is 196 g/mol. The highest BCUT2D eigenvalue weighted by atomic mass is 32.1. The van der Waals surface area contributed by atoms with Gasteiger partial charge in [-0.05, 0) is 36.8 Å². The van der Waals surface area contributed by atoms with Crippen LogP contribution in [0.15, 0.2) is 6.07 Å². The van der Waals surface area contributed by atoms with Gasteiger partial charge in [-0.3, -0.25) is 0 Å². The molecule has 1 aromatic heterocycles. The molecule has 0 bridgehead atoms. The molecule has 2 nitrogen and oxygen atoms in total. The molecule has 1 N–H and O–H groups in total. The zero-order valence-corrected chi connectivity index (χ0v) is 8.36. The first-order chi connectivity index (χ1) is 6.16. The predicted octanol–water partition coefficient (Wildman–Crippen LogP) is 2.57. The molecule has 0 saturated carbocycles. The standard InChI is InChI=1S/C10H12O2S/c1-6-2-3-8-7(4-6)5-9(13-8)10(11)12/h5-6H,2-4H2,1H3,(H,11,12)/t6-/m0/s1. The van der Waals surface area contributed by atoms with Gasteiger partial charge >= 0.3 is 5.97 Å². The third-order valence-corrected chi connectivity index (χ3v) is 3.77. The van der Waals surface area contributed by atoms with E-state index in [1.165, 1.54) is 28.2 Å². The molecular formula is C10H12O2S. The molecule has 0 aliphatic heterocycles. The molecule has 3 heteroatoms. The molecule has 1 aliphatic rings. The first-order valence-electron chi connectivity index (χ1n) is 4.51. The third-order valence-electron chi connectivity index (χ3n) is 2.54. The van der Waals surface area contributed by atoms with Gasteiger partial charge in [-0.1, -0.05) is 6.92 Å². The Morgan fingerprint density at radius 2 is 2.46 bits per heavy atom. The molecule has 0 radical (unpaired) electrons. The van der Waals surface area contributed by atoms with E-state index in [0.29, 0.717) is 10.8 Å². The van der Waals surface area contributed by atoms with Crippen LogP contribution in [0.25, 0.3) is 0 Å². The van der Waals surface area contributed by atoms with Crippen molar-refractivity contribution in [3.05, 3.63) is 21.4 Å². The zero-order chi connectivity index (χ0) is 9.42. The van der Waals surface area contributed by atoms with Crippen molar-refractivity contribution >= 4 is 17.3 Å². The van der Waals surface area contributed by atoms with E-state index in [9.17, 15) is 4.79 Å². The molecule has 0 unspecified atom stereocenters. The van der Waals surface area contributed by atoms with Crippen molar-refractivity contribution in [2.75, 3.05) is 0 Å². The first-order valence-corrected chi connectivity index (χ1v) is 5.33. The molecular weight excluding hydrogens is 184 g/mol. The number of aromatic carboxylic acids is 1. The van der Waals surface area contributed by atoms with Crippen molar-refractivity contribution < 1.29 is 9.90 Å². The Morgan fingerprint density at radius 1 is 1.69 bits per heavy atom. The van der Waals surface area contributed by atoms with Crippen molar-refractivity contribution in [3.8, 4) is 0 Å². The topological polar surface area (TPSA) is 37.3 Å². The minimum atomic E-state index is -0.785. The lowest BCUT2D eigenvalue weighted by molar-refractivity contribution is 0.0702. The summed E-state index contributed by atoms with van der Waals surface area (Å²) >= 11 is 1.45. The lowest BCUT2D eigenvalue weighted by atomic mass is 9.90. The molecule has 1 aromatic rings. The van der Waals surface area contributed by atoms with Crippen molar-refractivity contribution in [1.82, 2.24) is 0 Å². The van der Waals surface area contributed by atoms with Crippen LogP contribution in [-0.2, 0) is 12.8 Å². The molecule has 70 valence electrons. The van der Waals surface area contributed by atoms with Crippen LogP contribution in [0.4, 0.5) is 0 Å².